The minimum atomic E-state index is -0.718. The Bertz CT molecular complexity index is 931. The van der Waals surface area contributed by atoms with E-state index >= 15 is 0 Å². The van der Waals surface area contributed by atoms with Crippen molar-refractivity contribution >= 4 is 22.6 Å². The Balaban J connectivity index is 1.57. The highest BCUT2D eigenvalue weighted by Gasteiger charge is 2.22. The highest BCUT2D eigenvalue weighted by molar-refractivity contribution is 5.90. The smallest absolute Gasteiger partial charge is 0.322 e. The fourth-order valence-corrected chi connectivity index (χ4v) is 3.39. The van der Waals surface area contributed by atoms with Crippen molar-refractivity contribution in [2.45, 2.75) is 19.4 Å². The molecular weight excluding hydrogens is 324 g/mol. The van der Waals surface area contributed by atoms with Gasteiger partial charge in [0.05, 0.1) is 6.54 Å². The van der Waals surface area contributed by atoms with Gasteiger partial charge in [-0.3, -0.25) is 0 Å². The minimum Gasteiger partial charge on any atom is -0.357 e. The standard InChI is InChI=1S/C19H17F2N3O/c20-12-8-13(21)10-14(9-12)22-19(25)24-7-3-5-16-15-4-1-2-6-17(15)23-18(16)11-24/h1-2,4,6,8-10,23H,3,5,7,11H2,(H,22,25). The van der Waals surface area contributed by atoms with E-state index in [0.29, 0.717) is 13.1 Å². The number of aryl methyl sites for hydroxylation is 1. The molecular formula is C19H17F2N3O. The Hall–Kier alpha value is -2.89. The van der Waals surface area contributed by atoms with E-state index in [1.165, 1.54) is 10.9 Å². The van der Waals surface area contributed by atoms with Crippen molar-refractivity contribution in [3.8, 4) is 0 Å². The molecule has 4 rings (SSSR count). The fourth-order valence-electron chi connectivity index (χ4n) is 3.39. The third-order valence-corrected chi connectivity index (χ3v) is 4.51. The summed E-state index contributed by atoms with van der Waals surface area (Å²) in [5.41, 5.74) is 3.42. The number of para-hydroxylation sites is 1. The van der Waals surface area contributed by atoms with Gasteiger partial charge in [-0.25, -0.2) is 13.6 Å². The maximum Gasteiger partial charge on any atom is 0.322 e. The molecule has 2 amide bonds. The zero-order valence-electron chi connectivity index (χ0n) is 13.5. The molecule has 3 aromatic rings. The molecule has 0 bridgehead atoms. The fraction of sp³-hybridized carbons (Fsp3) is 0.211. The second-order valence-electron chi connectivity index (χ2n) is 6.24. The van der Waals surface area contributed by atoms with Crippen molar-refractivity contribution < 1.29 is 13.6 Å². The number of hydrogen-bond donors (Lipinski definition) is 2. The molecule has 0 spiro atoms. The van der Waals surface area contributed by atoms with Crippen LogP contribution in [0.1, 0.15) is 17.7 Å². The average Bonchev–Trinajstić information content (AvgIpc) is 2.77. The lowest BCUT2D eigenvalue weighted by molar-refractivity contribution is 0.209. The molecule has 0 saturated carbocycles. The van der Waals surface area contributed by atoms with Crippen LogP contribution < -0.4 is 5.32 Å². The Labute approximate surface area is 143 Å². The lowest BCUT2D eigenvalue weighted by Crippen LogP contribution is -2.34. The van der Waals surface area contributed by atoms with E-state index in [2.05, 4.69) is 16.4 Å². The molecule has 0 atom stereocenters. The lowest BCUT2D eigenvalue weighted by Gasteiger charge is -2.21. The Kier molecular flexibility index (Phi) is 3.87. The molecule has 128 valence electrons. The van der Waals surface area contributed by atoms with Gasteiger partial charge in [-0.05, 0) is 36.6 Å². The molecule has 4 nitrogen and oxygen atoms in total. The van der Waals surface area contributed by atoms with Crippen LogP contribution in [0.2, 0.25) is 0 Å². The van der Waals surface area contributed by atoms with Gasteiger partial charge in [0.2, 0.25) is 0 Å². The molecule has 2 aromatic carbocycles. The van der Waals surface area contributed by atoms with Crippen molar-refractivity contribution in [2.24, 2.45) is 0 Å². The summed E-state index contributed by atoms with van der Waals surface area (Å²) < 4.78 is 26.6. The third kappa shape index (κ3) is 3.07. The molecule has 6 heteroatoms. The summed E-state index contributed by atoms with van der Waals surface area (Å²) >= 11 is 0. The minimum absolute atomic E-state index is 0.114. The van der Waals surface area contributed by atoms with E-state index in [1.807, 2.05) is 18.2 Å². The van der Waals surface area contributed by atoms with E-state index in [1.54, 1.807) is 4.90 Å². The number of carbonyl (C=O) groups excluding carboxylic acids is 1. The van der Waals surface area contributed by atoms with Gasteiger partial charge in [0.15, 0.2) is 0 Å². The molecule has 0 unspecified atom stereocenters. The zero-order chi connectivity index (χ0) is 17.4. The molecule has 0 saturated heterocycles. The van der Waals surface area contributed by atoms with Gasteiger partial charge in [-0.2, -0.15) is 0 Å². The summed E-state index contributed by atoms with van der Waals surface area (Å²) in [6, 6.07) is 10.7. The van der Waals surface area contributed by atoms with E-state index < -0.39 is 11.6 Å². The number of fused-ring (bicyclic) bond motifs is 3. The molecule has 1 aromatic heterocycles. The molecule has 2 heterocycles. The van der Waals surface area contributed by atoms with Gasteiger partial charge in [0.25, 0.3) is 0 Å². The van der Waals surface area contributed by atoms with Crippen LogP contribution in [-0.4, -0.2) is 22.5 Å². The number of aromatic amines is 1. The summed E-state index contributed by atoms with van der Waals surface area (Å²) in [5, 5.41) is 3.77. The normalized spacial score (nSPS) is 14.2. The van der Waals surface area contributed by atoms with Gasteiger partial charge in [-0.15, -0.1) is 0 Å². The van der Waals surface area contributed by atoms with Crippen LogP contribution in [0.25, 0.3) is 10.9 Å². The van der Waals surface area contributed by atoms with Crippen molar-refractivity contribution in [3.63, 3.8) is 0 Å². The Morgan fingerprint density at radius 2 is 1.88 bits per heavy atom. The summed E-state index contributed by atoms with van der Waals surface area (Å²) in [6.07, 6.45) is 1.72. The molecule has 0 fully saturated rings. The number of urea groups is 1. The number of hydrogen-bond acceptors (Lipinski definition) is 1. The predicted molar refractivity (Wildman–Crippen MR) is 92.4 cm³/mol. The molecule has 2 N–H and O–H groups in total. The van der Waals surface area contributed by atoms with Crippen LogP contribution in [-0.2, 0) is 13.0 Å². The number of benzene rings is 2. The highest BCUT2D eigenvalue weighted by Crippen LogP contribution is 2.27. The summed E-state index contributed by atoms with van der Waals surface area (Å²) in [5.74, 6) is -1.44. The number of amides is 2. The SMILES string of the molecule is O=C(Nc1cc(F)cc(F)c1)N1CCCc2c([nH]c3ccccc23)C1. The Morgan fingerprint density at radius 3 is 2.68 bits per heavy atom. The van der Waals surface area contributed by atoms with Crippen LogP contribution in [0.4, 0.5) is 19.3 Å². The first kappa shape index (κ1) is 15.6. The first-order chi connectivity index (χ1) is 12.1. The average molecular weight is 341 g/mol. The number of H-pyrrole nitrogens is 1. The second kappa shape index (κ2) is 6.20. The van der Waals surface area contributed by atoms with Crippen LogP contribution in [0.3, 0.4) is 0 Å². The largest absolute Gasteiger partial charge is 0.357 e. The first-order valence-electron chi connectivity index (χ1n) is 8.20. The molecule has 0 aliphatic carbocycles. The molecule has 25 heavy (non-hydrogen) atoms. The number of nitrogens with zero attached hydrogens (tertiary/aromatic N) is 1. The van der Waals surface area contributed by atoms with Gasteiger partial charge in [-0.1, -0.05) is 18.2 Å². The highest BCUT2D eigenvalue weighted by atomic mass is 19.1. The second-order valence-corrected chi connectivity index (χ2v) is 6.24. The Morgan fingerprint density at radius 1 is 1.12 bits per heavy atom. The number of anilines is 1. The number of nitrogens with one attached hydrogen (secondary N) is 2. The molecule has 1 aliphatic heterocycles. The third-order valence-electron chi connectivity index (χ3n) is 4.51. The van der Waals surface area contributed by atoms with Crippen LogP contribution in [0, 0.1) is 11.6 Å². The summed E-state index contributed by atoms with van der Waals surface area (Å²) in [7, 11) is 0. The zero-order valence-corrected chi connectivity index (χ0v) is 13.5. The van der Waals surface area contributed by atoms with Crippen LogP contribution in [0.15, 0.2) is 42.5 Å². The molecule has 1 aliphatic rings. The maximum atomic E-state index is 13.3. The quantitative estimate of drug-likeness (QED) is 0.676. The molecule has 0 radical (unpaired) electrons. The topological polar surface area (TPSA) is 48.1 Å². The van der Waals surface area contributed by atoms with E-state index in [0.717, 1.165) is 42.3 Å². The van der Waals surface area contributed by atoms with Gasteiger partial charge >= 0.3 is 6.03 Å². The lowest BCUT2D eigenvalue weighted by atomic mass is 10.1. The van der Waals surface area contributed by atoms with Gasteiger partial charge < -0.3 is 15.2 Å². The predicted octanol–water partition coefficient (Wildman–Crippen LogP) is 4.43. The number of carbonyl (C=O) groups is 1. The van der Waals surface area contributed by atoms with Gasteiger partial charge in [0.1, 0.15) is 11.6 Å². The van der Waals surface area contributed by atoms with Crippen LogP contribution in [0.5, 0.6) is 0 Å². The van der Waals surface area contributed by atoms with Crippen molar-refractivity contribution in [2.75, 3.05) is 11.9 Å². The van der Waals surface area contributed by atoms with E-state index in [9.17, 15) is 13.6 Å². The summed E-state index contributed by atoms with van der Waals surface area (Å²) in [4.78, 5) is 17.6. The van der Waals surface area contributed by atoms with E-state index in [-0.39, 0.29) is 11.7 Å². The van der Waals surface area contributed by atoms with Crippen molar-refractivity contribution in [1.82, 2.24) is 9.88 Å². The van der Waals surface area contributed by atoms with E-state index in [4.69, 9.17) is 0 Å². The monoisotopic (exact) mass is 341 g/mol. The van der Waals surface area contributed by atoms with Crippen molar-refractivity contribution in [1.29, 1.82) is 0 Å². The number of halogens is 2. The number of rotatable bonds is 1. The van der Waals surface area contributed by atoms with Crippen molar-refractivity contribution in [3.05, 3.63) is 65.4 Å². The maximum absolute atomic E-state index is 13.3. The number of aromatic nitrogens is 1. The summed E-state index contributed by atoms with van der Waals surface area (Å²) in [6.45, 7) is 1.02. The van der Waals surface area contributed by atoms with Crippen LogP contribution >= 0.6 is 0 Å². The van der Waals surface area contributed by atoms with Gasteiger partial charge in [0, 0.05) is 34.9 Å². The first-order valence-corrected chi connectivity index (χ1v) is 8.20.